The minimum atomic E-state index is -1.28. The first-order valence-corrected chi connectivity index (χ1v) is 5.47. The van der Waals surface area contributed by atoms with E-state index >= 15 is 0 Å². The summed E-state index contributed by atoms with van der Waals surface area (Å²) < 4.78 is 39.5. The Bertz CT molecular complexity index is 621. The molecular weight excluding hydrogens is 253 g/mol. The van der Waals surface area contributed by atoms with Crippen LogP contribution in [0.1, 0.15) is 11.6 Å². The molecule has 0 aliphatic carbocycles. The summed E-state index contributed by atoms with van der Waals surface area (Å²) in [5.74, 6) is -3.43. The van der Waals surface area contributed by atoms with Crippen LogP contribution in [0.25, 0.3) is 0 Å². The molecule has 0 aliphatic heterocycles. The van der Waals surface area contributed by atoms with Crippen molar-refractivity contribution in [2.75, 3.05) is 5.32 Å². The van der Waals surface area contributed by atoms with Gasteiger partial charge in [-0.15, -0.1) is 0 Å². The Morgan fingerprint density at radius 2 is 1.58 bits per heavy atom. The molecule has 0 radical (unpaired) electrons. The van der Waals surface area contributed by atoms with Crippen molar-refractivity contribution in [2.24, 2.45) is 0 Å². The second kappa shape index (κ2) is 5.44. The zero-order chi connectivity index (χ0) is 13.8. The molecule has 5 heteroatoms. The molecule has 0 amide bonds. The van der Waals surface area contributed by atoms with E-state index in [0.29, 0.717) is 17.8 Å². The summed E-state index contributed by atoms with van der Waals surface area (Å²) in [7, 11) is 0. The molecule has 96 valence electrons. The third-order valence-electron chi connectivity index (χ3n) is 2.56. The van der Waals surface area contributed by atoms with Gasteiger partial charge in [0.05, 0.1) is 6.07 Å². The maximum Gasteiger partial charge on any atom is 0.161 e. The largest absolute Gasteiger partial charge is 0.366 e. The van der Waals surface area contributed by atoms with Gasteiger partial charge in [0.25, 0.3) is 0 Å². The fraction of sp³-hybridized carbons (Fsp3) is 0.0714. The Kier molecular flexibility index (Phi) is 3.71. The van der Waals surface area contributed by atoms with Crippen molar-refractivity contribution in [3.63, 3.8) is 0 Å². The number of benzene rings is 2. The lowest BCUT2D eigenvalue weighted by Crippen LogP contribution is -2.11. The van der Waals surface area contributed by atoms with Crippen LogP contribution < -0.4 is 5.32 Å². The highest BCUT2D eigenvalue weighted by Gasteiger charge is 2.18. The van der Waals surface area contributed by atoms with Crippen molar-refractivity contribution in [2.45, 2.75) is 6.04 Å². The lowest BCUT2D eigenvalue weighted by molar-refractivity contribution is 0.489. The molecule has 0 spiro atoms. The van der Waals surface area contributed by atoms with E-state index in [4.69, 9.17) is 5.26 Å². The maximum absolute atomic E-state index is 13.6. The van der Waals surface area contributed by atoms with Crippen LogP contribution in [0, 0.1) is 28.8 Å². The molecule has 19 heavy (non-hydrogen) atoms. The predicted molar refractivity (Wildman–Crippen MR) is 64.7 cm³/mol. The average Bonchev–Trinajstić information content (AvgIpc) is 2.42. The van der Waals surface area contributed by atoms with Gasteiger partial charge in [-0.25, -0.2) is 13.2 Å². The molecule has 0 saturated heterocycles. The smallest absolute Gasteiger partial charge is 0.161 e. The normalized spacial score (nSPS) is 11.7. The van der Waals surface area contributed by atoms with Gasteiger partial charge in [0.15, 0.2) is 11.6 Å². The molecule has 0 heterocycles. The number of rotatable bonds is 3. The van der Waals surface area contributed by atoms with Crippen molar-refractivity contribution in [3.8, 4) is 6.07 Å². The van der Waals surface area contributed by atoms with Crippen LogP contribution in [0.15, 0.2) is 42.5 Å². The van der Waals surface area contributed by atoms with Gasteiger partial charge in [-0.2, -0.15) is 5.26 Å². The van der Waals surface area contributed by atoms with E-state index in [1.807, 2.05) is 6.07 Å². The lowest BCUT2D eigenvalue weighted by atomic mass is 10.1. The van der Waals surface area contributed by atoms with Crippen LogP contribution in [0.5, 0.6) is 0 Å². The number of para-hydroxylation sites is 1. The van der Waals surface area contributed by atoms with Gasteiger partial charge >= 0.3 is 0 Å². The molecule has 1 unspecified atom stereocenters. The third kappa shape index (κ3) is 2.86. The predicted octanol–water partition coefficient (Wildman–Crippen LogP) is 3.78. The van der Waals surface area contributed by atoms with E-state index in [1.165, 1.54) is 0 Å². The van der Waals surface area contributed by atoms with Crippen LogP contribution >= 0.6 is 0 Å². The second-order valence-electron chi connectivity index (χ2n) is 3.86. The molecule has 1 N–H and O–H groups in total. The number of nitrogens with zero attached hydrogens (tertiary/aromatic N) is 1. The Morgan fingerprint density at radius 3 is 2.21 bits per heavy atom. The van der Waals surface area contributed by atoms with E-state index in [9.17, 15) is 13.2 Å². The number of nitriles is 1. The number of halogens is 3. The van der Waals surface area contributed by atoms with E-state index < -0.39 is 23.5 Å². The Balaban J connectivity index is 2.33. The molecule has 2 aromatic carbocycles. The van der Waals surface area contributed by atoms with Gasteiger partial charge in [0, 0.05) is 17.3 Å². The van der Waals surface area contributed by atoms with Gasteiger partial charge in [0.1, 0.15) is 11.9 Å². The minimum Gasteiger partial charge on any atom is -0.366 e. The molecule has 2 rings (SSSR count). The average molecular weight is 262 g/mol. The standard InChI is InChI=1S/C14H9F3N2/c15-11-7-13(17)12(16)6-10(11)14(8-18)19-9-4-2-1-3-5-9/h1-7,14,19H. The van der Waals surface area contributed by atoms with Gasteiger partial charge in [-0.05, 0) is 18.2 Å². The van der Waals surface area contributed by atoms with Gasteiger partial charge in [-0.3, -0.25) is 0 Å². The van der Waals surface area contributed by atoms with Crippen LogP contribution in [0.3, 0.4) is 0 Å². The molecule has 1 atom stereocenters. The highest BCUT2D eigenvalue weighted by molar-refractivity contribution is 5.47. The topological polar surface area (TPSA) is 35.8 Å². The van der Waals surface area contributed by atoms with Crippen molar-refractivity contribution in [1.82, 2.24) is 0 Å². The summed E-state index contributed by atoms with van der Waals surface area (Å²) >= 11 is 0. The molecule has 0 bridgehead atoms. The van der Waals surface area contributed by atoms with Crippen molar-refractivity contribution in [1.29, 1.82) is 5.26 Å². The highest BCUT2D eigenvalue weighted by Crippen LogP contribution is 2.23. The SMILES string of the molecule is N#CC(Nc1ccccc1)c1cc(F)c(F)cc1F. The summed E-state index contributed by atoms with van der Waals surface area (Å²) in [5, 5.41) is 11.8. The monoisotopic (exact) mass is 262 g/mol. The van der Waals surface area contributed by atoms with Gasteiger partial charge < -0.3 is 5.32 Å². The molecular formula is C14H9F3N2. The summed E-state index contributed by atoms with van der Waals surface area (Å²) in [6.07, 6.45) is 0. The number of anilines is 1. The van der Waals surface area contributed by atoms with Crippen LogP contribution in [0.4, 0.5) is 18.9 Å². The fourth-order valence-electron chi connectivity index (χ4n) is 1.64. The number of hydrogen-bond acceptors (Lipinski definition) is 2. The fourth-order valence-corrected chi connectivity index (χ4v) is 1.64. The number of nitrogens with one attached hydrogen (secondary N) is 1. The van der Waals surface area contributed by atoms with E-state index in [-0.39, 0.29) is 5.56 Å². The van der Waals surface area contributed by atoms with Crippen molar-refractivity contribution >= 4 is 5.69 Å². The molecule has 2 nitrogen and oxygen atoms in total. The first kappa shape index (κ1) is 13.0. The first-order chi connectivity index (χ1) is 9.11. The minimum absolute atomic E-state index is 0.231. The van der Waals surface area contributed by atoms with Crippen molar-refractivity contribution in [3.05, 3.63) is 65.5 Å². The van der Waals surface area contributed by atoms with Crippen LogP contribution in [-0.2, 0) is 0 Å². The third-order valence-corrected chi connectivity index (χ3v) is 2.56. The van der Waals surface area contributed by atoms with Gasteiger partial charge in [-0.1, -0.05) is 18.2 Å². The Labute approximate surface area is 108 Å². The lowest BCUT2D eigenvalue weighted by Gasteiger charge is -2.14. The summed E-state index contributed by atoms with van der Waals surface area (Å²) in [6.45, 7) is 0. The summed E-state index contributed by atoms with van der Waals surface area (Å²) in [4.78, 5) is 0. The highest BCUT2D eigenvalue weighted by atomic mass is 19.2. The zero-order valence-corrected chi connectivity index (χ0v) is 9.70. The molecule has 2 aromatic rings. The van der Waals surface area contributed by atoms with Crippen molar-refractivity contribution < 1.29 is 13.2 Å². The Morgan fingerprint density at radius 1 is 0.947 bits per heavy atom. The van der Waals surface area contributed by atoms with E-state index in [2.05, 4.69) is 5.32 Å². The number of hydrogen-bond donors (Lipinski definition) is 1. The molecule has 0 aromatic heterocycles. The quantitative estimate of drug-likeness (QED) is 0.854. The molecule has 0 aliphatic rings. The van der Waals surface area contributed by atoms with Crippen LogP contribution in [0.2, 0.25) is 0 Å². The van der Waals surface area contributed by atoms with E-state index in [0.717, 1.165) is 0 Å². The van der Waals surface area contributed by atoms with Crippen LogP contribution in [-0.4, -0.2) is 0 Å². The first-order valence-electron chi connectivity index (χ1n) is 5.47. The second-order valence-corrected chi connectivity index (χ2v) is 3.86. The maximum atomic E-state index is 13.6. The Hall–Kier alpha value is -2.48. The molecule has 0 fully saturated rings. The van der Waals surface area contributed by atoms with Gasteiger partial charge in [0.2, 0.25) is 0 Å². The summed E-state index contributed by atoms with van der Waals surface area (Å²) in [6, 6.07) is 10.5. The molecule has 0 saturated carbocycles. The summed E-state index contributed by atoms with van der Waals surface area (Å²) in [5.41, 5.74) is 0.350. The van der Waals surface area contributed by atoms with E-state index in [1.54, 1.807) is 30.3 Å². The zero-order valence-electron chi connectivity index (χ0n) is 9.70.